The van der Waals surface area contributed by atoms with Gasteiger partial charge in [0.2, 0.25) is 5.91 Å². The Morgan fingerprint density at radius 1 is 1.71 bits per heavy atom. The summed E-state index contributed by atoms with van der Waals surface area (Å²) in [5.41, 5.74) is 2.28. The van der Waals surface area contributed by atoms with Gasteiger partial charge in [-0.2, -0.15) is 0 Å². The van der Waals surface area contributed by atoms with Crippen molar-refractivity contribution >= 4 is 5.91 Å². The van der Waals surface area contributed by atoms with Crippen molar-refractivity contribution in [2.24, 2.45) is 10.4 Å². The monoisotopic (exact) mass is 100 g/mol. The van der Waals surface area contributed by atoms with E-state index in [4.69, 9.17) is 0 Å². The largest absolute Gasteiger partial charge is 0.273 e. The van der Waals surface area contributed by atoms with Gasteiger partial charge in [-0.3, -0.25) is 4.79 Å². The Bertz CT molecular complexity index is 113. The summed E-state index contributed by atoms with van der Waals surface area (Å²) in [6.07, 6.45) is 0. The van der Waals surface area contributed by atoms with Crippen LogP contribution in [-0.2, 0) is 4.79 Å². The average Bonchev–Trinajstić information content (AvgIpc) is 2.17. The number of hydrogen-bond acceptors (Lipinski definition) is 4. The first kappa shape index (κ1) is 4.04. The molecule has 0 saturated heterocycles. The average molecular weight is 100 g/mol. The second kappa shape index (κ2) is 1.18. The van der Waals surface area contributed by atoms with Crippen LogP contribution in [0.25, 0.3) is 0 Å². The van der Waals surface area contributed by atoms with Gasteiger partial charge in [0.15, 0.2) is 0 Å². The summed E-state index contributed by atoms with van der Waals surface area (Å²) in [6.45, 7) is 1.39. The van der Waals surface area contributed by atoms with Crippen LogP contribution in [0.15, 0.2) is 10.4 Å². The molecule has 7 heavy (non-hydrogen) atoms. The minimum atomic E-state index is -0.162. The van der Waals surface area contributed by atoms with Gasteiger partial charge in [-0.1, -0.05) is 0 Å². The molecule has 1 rings (SSSR count). The van der Waals surface area contributed by atoms with Crippen molar-refractivity contribution in [3.8, 4) is 0 Å². The number of nitrogens with zero attached hydrogens (tertiary/aromatic N) is 3. The number of nitrogens with one attached hydrogen (secondary N) is 1. The summed E-state index contributed by atoms with van der Waals surface area (Å²) in [6, 6.07) is 0. The van der Waals surface area contributed by atoms with E-state index in [1.165, 1.54) is 6.92 Å². The van der Waals surface area contributed by atoms with Crippen LogP contribution in [0, 0.1) is 0 Å². The number of hydrazine groups is 1. The zero-order valence-corrected chi connectivity index (χ0v) is 3.75. The fourth-order valence-electron chi connectivity index (χ4n) is 0.206. The Hall–Kier alpha value is -1.13. The number of hydrogen-bond donors (Lipinski definition) is 1. The predicted molar refractivity (Wildman–Crippen MR) is 20.5 cm³/mol. The SMILES string of the molecule is CC(=O)NN1N=N1. The van der Waals surface area contributed by atoms with Crippen LogP contribution >= 0.6 is 0 Å². The first-order chi connectivity index (χ1) is 3.29. The second-order valence-corrected chi connectivity index (χ2v) is 1.14. The van der Waals surface area contributed by atoms with Crippen LogP contribution < -0.4 is 5.43 Å². The van der Waals surface area contributed by atoms with Gasteiger partial charge in [0.1, 0.15) is 0 Å². The molecule has 0 saturated carbocycles. The lowest BCUT2D eigenvalue weighted by Gasteiger charge is -1.90. The fourth-order valence-corrected chi connectivity index (χ4v) is 0.206. The molecule has 0 spiro atoms. The summed E-state index contributed by atoms with van der Waals surface area (Å²) in [5.74, 6) is -0.162. The smallest absolute Gasteiger partial charge is 0.238 e. The molecule has 0 aromatic rings. The van der Waals surface area contributed by atoms with E-state index in [0.29, 0.717) is 0 Å². The van der Waals surface area contributed by atoms with Crippen molar-refractivity contribution in [1.82, 2.24) is 10.7 Å². The van der Waals surface area contributed by atoms with Gasteiger partial charge in [-0.15, -0.1) is 0 Å². The number of carbonyl (C=O) groups is 1. The van der Waals surface area contributed by atoms with E-state index in [9.17, 15) is 4.79 Å². The second-order valence-electron chi connectivity index (χ2n) is 1.14. The van der Waals surface area contributed by atoms with Gasteiger partial charge in [-0.05, 0) is 15.7 Å². The predicted octanol–water partition coefficient (Wildman–Crippen LogP) is -0.365. The maximum Gasteiger partial charge on any atom is 0.238 e. The molecule has 5 heteroatoms. The van der Waals surface area contributed by atoms with Gasteiger partial charge < -0.3 is 0 Å². The molecule has 0 fully saturated rings. The Morgan fingerprint density at radius 3 is 2.43 bits per heavy atom. The normalized spacial score (nSPS) is 14.1. The zero-order valence-electron chi connectivity index (χ0n) is 3.75. The minimum Gasteiger partial charge on any atom is -0.273 e. The molecule has 0 radical (unpaired) electrons. The van der Waals surface area contributed by atoms with Crippen molar-refractivity contribution in [3.63, 3.8) is 0 Å². The molecular weight excluding hydrogens is 96.0 g/mol. The van der Waals surface area contributed by atoms with E-state index >= 15 is 0 Å². The lowest BCUT2D eigenvalue weighted by Crippen LogP contribution is -2.25. The number of carbonyl (C=O) groups excluding carboxylic acids is 1. The van der Waals surface area contributed by atoms with Gasteiger partial charge in [-0.25, -0.2) is 5.43 Å². The minimum absolute atomic E-state index is 0.162. The van der Waals surface area contributed by atoms with E-state index in [2.05, 4.69) is 15.9 Å². The molecule has 0 unspecified atom stereocenters. The molecule has 0 bridgehead atoms. The van der Waals surface area contributed by atoms with Crippen LogP contribution in [-0.4, -0.2) is 11.1 Å². The molecule has 5 nitrogen and oxygen atoms in total. The third-order valence-electron chi connectivity index (χ3n) is 0.436. The molecule has 1 heterocycles. The Balaban J connectivity index is 2.10. The third kappa shape index (κ3) is 1.16. The highest BCUT2D eigenvalue weighted by Gasteiger charge is 2.09. The van der Waals surface area contributed by atoms with E-state index in [1.807, 2.05) is 0 Å². The van der Waals surface area contributed by atoms with Crippen LogP contribution in [0.4, 0.5) is 0 Å². The van der Waals surface area contributed by atoms with Crippen molar-refractivity contribution < 1.29 is 4.79 Å². The van der Waals surface area contributed by atoms with E-state index in [1.54, 1.807) is 0 Å². The van der Waals surface area contributed by atoms with E-state index in [0.717, 1.165) is 5.23 Å². The fraction of sp³-hybridized carbons (Fsp3) is 0.500. The van der Waals surface area contributed by atoms with Gasteiger partial charge in [0, 0.05) is 6.92 Å². The summed E-state index contributed by atoms with van der Waals surface area (Å²) in [5, 5.41) is 7.64. The lowest BCUT2D eigenvalue weighted by molar-refractivity contribution is -0.122. The van der Waals surface area contributed by atoms with Gasteiger partial charge in [0.05, 0.1) is 0 Å². The van der Waals surface area contributed by atoms with Gasteiger partial charge in [0.25, 0.3) is 0 Å². The maximum atomic E-state index is 10.0. The molecule has 1 aliphatic rings. The Kier molecular flexibility index (Phi) is 0.680. The third-order valence-corrected chi connectivity index (χ3v) is 0.436. The molecule has 1 N–H and O–H groups in total. The highest BCUT2D eigenvalue weighted by atomic mass is 16.2. The molecule has 0 atom stereocenters. The van der Waals surface area contributed by atoms with Crippen molar-refractivity contribution in [2.75, 3.05) is 0 Å². The summed E-state index contributed by atoms with van der Waals surface area (Å²) >= 11 is 0. The molecule has 0 aromatic heterocycles. The maximum absolute atomic E-state index is 10.0. The highest BCUT2D eigenvalue weighted by molar-refractivity contribution is 5.72. The van der Waals surface area contributed by atoms with Crippen LogP contribution in [0.5, 0.6) is 0 Å². The Labute approximate surface area is 39.9 Å². The molecule has 0 aromatic carbocycles. The quantitative estimate of drug-likeness (QED) is 0.489. The number of rotatable bonds is 1. The van der Waals surface area contributed by atoms with E-state index < -0.39 is 0 Å². The lowest BCUT2D eigenvalue weighted by atomic mass is 10.8. The van der Waals surface area contributed by atoms with Crippen molar-refractivity contribution in [1.29, 1.82) is 0 Å². The van der Waals surface area contributed by atoms with Crippen LogP contribution in [0.2, 0.25) is 0 Å². The van der Waals surface area contributed by atoms with Gasteiger partial charge >= 0.3 is 0 Å². The summed E-state index contributed by atoms with van der Waals surface area (Å²) < 4.78 is 0. The standard InChI is InChI=1S/C2H4N4O/c1-2(7)3-6-4-5-6/h1H3,(H,3,7). The summed E-state index contributed by atoms with van der Waals surface area (Å²) in [4.78, 5) is 10.0. The number of amides is 1. The molecule has 0 aliphatic carbocycles. The van der Waals surface area contributed by atoms with Crippen molar-refractivity contribution in [3.05, 3.63) is 0 Å². The first-order valence-corrected chi connectivity index (χ1v) is 1.78. The van der Waals surface area contributed by atoms with E-state index in [-0.39, 0.29) is 5.91 Å². The summed E-state index contributed by atoms with van der Waals surface area (Å²) in [7, 11) is 0. The topological polar surface area (TPSA) is 56.8 Å². The first-order valence-electron chi connectivity index (χ1n) is 1.78. The highest BCUT2D eigenvalue weighted by Crippen LogP contribution is 1.99. The molecule has 38 valence electrons. The van der Waals surface area contributed by atoms with Crippen LogP contribution in [0.3, 0.4) is 0 Å². The Morgan fingerprint density at radius 2 is 2.29 bits per heavy atom. The van der Waals surface area contributed by atoms with Crippen LogP contribution in [0.1, 0.15) is 6.92 Å². The van der Waals surface area contributed by atoms with Crippen molar-refractivity contribution in [2.45, 2.75) is 6.92 Å². The zero-order chi connectivity index (χ0) is 5.28. The molecule has 1 amide bonds. The molecule has 1 aliphatic heterocycles. The molecular formula is C2H4N4O.